The molecule has 1 aromatic carbocycles. The van der Waals surface area contributed by atoms with Crippen LogP contribution < -0.4 is 9.62 Å². The van der Waals surface area contributed by atoms with Crippen LogP contribution in [0.2, 0.25) is 0 Å². The van der Waals surface area contributed by atoms with Crippen molar-refractivity contribution in [2.24, 2.45) is 0 Å². The van der Waals surface area contributed by atoms with Crippen molar-refractivity contribution in [3.05, 3.63) is 35.1 Å². The minimum Gasteiger partial charge on any atom is -0.374 e. The van der Waals surface area contributed by atoms with E-state index >= 15 is 0 Å². The van der Waals surface area contributed by atoms with Crippen LogP contribution in [0, 0.1) is 13.8 Å². The minimum absolute atomic E-state index is 0.232. The molecule has 21 heavy (non-hydrogen) atoms. The summed E-state index contributed by atoms with van der Waals surface area (Å²) in [5.41, 5.74) is 2.83. The highest BCUT2D eigenvalue weighted by molar-refractivity contribution is 7.92. The Kier molecular flexibility index (Phi) is 3.16. The van der Waals surface area contributed by atoms with Crippen molar-refractivity contribution in [3.8, 4) is 0 Å². The van der Waals surface area contributed by atoms with Gasteiger partial charge in [-0.3, -0.25) is 4.72 Å². The molecule has 3 rings (SSSR count). The number of rotatable bonds is 3. The maximum atomic E-state index is 12.5. The van der Waals surface area contributed by atoms with Gasteiger partial charge in [0.15, 0.2) is 5.82 Å². The number of benzene rings is 1. The van der Waals surface area contributed by atoms with Crippen molar-refractivity contribution in [3.63, 3.8) is 0 Å². The average Bonchev–Trinajstić information content (AvgIpc) is 2.96. The molecule has 2 aromatic rings. The highest BCUT2D eigenvalue weighted by Crippen LogP contribution is 2.30. The Labute approximate surface area is 123 Å². The van der Waals surface area contributed by atoms with Gasteiger partial charge in [-0.05, 0) is 38.0 Å². The highest BCUT2D eigenvalue weighted by Gasteiger charge is 2.22. The second kappa shape index (κ2) is 4.77. The maximum Gasteiger partial charge on any atom is 0.263 e. The topological polar surface area (TPSA) is 75.4 Å². The van der Waals surface area contributed by atoms with Gasteiger partial charge in [0.2, 0.25) is 0 Å². The Bertz CT molecular complexity index is 796. The van der Waals surface area contributed by atoms with Crippen molar-refractivity contribution in [2.75, 3.05) is 23.2 Å². The predicted octanol–water partition coefficient (Wildman–Crippen LogP) is 2.08. The van der Waals surface area contributed by atoms with Crippen molar-refractivity contribution in [2.45, 2.75) is 25.2 Å². The minimum atomic E-state index is -3.67. The average molecular weight is 307 g/mol. The molecule has 1 aliphatic heterocycles. The van der Waals surface area contributed by atoms with E-state index in [1.165, 1.54) is 5.56 Å². The molecule has 2 heterocycles. The summed E-state index contributed by atoms with van der Waals surface area (Å²) in [6.45, 7) is 4.42. The Morgan fingerprint density at radius 3 is 2.76 bits per heavy atom. The first kappa shape index (κ1) is 13.9. The monoisotopic (exact) mass is 307 g/mol. The third-order valence-corrected chi connectivity index (χ3v) is 5.22. The molecular formula is C14H17N3O3S. The van der Waals surface area contributed by atoms with E-state index in [4.69, 9.17) is 4.52 Å². The van der Waals surface area contributed by atoms with Crippen LogP contribution in [0.1, 0.15) is 16.9 Å². The molecule has 0 saturated carbocycles. The van der Waals surface area contributed by atoms with E-state index < -0.39 is 10.0 Å². The summed E-state index contributed by atoms with van der Waals surface area (Å²) in [5.74, 6) is 0.836. The van der Waals surface area contributed by atoms with Crippen LogP contribution in [-0.4, -0.2) is 27.2 Å². The van der Waals surface area contributed by atoms with Gasteiger partial charge in [-0.25, -0.2) is 8.42 Å². The van der Waals surface area contributed by atoms with Gasteiger partial charge in [-0.2, -0.15) is 0 Å². The van der Waals surface area contributed by atoms with E-state index in [0.29, 0.717) is 11.3 Å². The molecular weight excluding hydrogens is 290 g/mol. The van der Waals surface area contributed by atoms with Gasteiger partial charge in [0.05, 0.1) is 4.90 Å². The maximum absolute atomic E-state index is 12.5. The molecule has 0 radical (unpaired) electrons. The Morgan fingerprint density at radius 2 is 2.10 bits per heavy atom. The molecule has 0 amide bonds. The van der Waals surface area contributed by atoms with Gasteiger partial charge in [0.25, 0.3) is 10.0 Å². The predicted molar refractivity (Wildman–Crippen MR) is 80.2 cm³/mol. The lowest BCUT2D eigenvalue weighted by Crippen LogP contribution is -2.16. The van der Waals surface area contributed by atoms with Crippen molar-refractivity contribution in [1.82, 2.24) is 5.16 Å². The molecule has 1 N–H and O–H groups in total. The van der Waals surface area contributed by atoms with Gasteiger partial charge >= 0.3 is 0 Å². The third-order valence-electron chi connectivity index (χ3n) is 3.88. The number of likely N-dealkylation sites (N-methyl/N-ethyl adjacent to an activating group) is 1. The van der Waals surface area contributed by atoms with Gasteiger partial charge in [0.1, 0.15) is 5.76 Å². The zero-order valence-corrected chi connectivity index (χ0v) is 13.0. The normalized spacial score (nSPS) is 14.3. The highest BCUT2D eigenvalue weighted by atomic mass is 32.2. The summed E-state index contributed by atoms with van der Waals surface area (Å²) in [6.07, 6.45) is 0.946. The van der Waals surface area contributed by atoms with Crippen LogP contribution in [0.25, 0.3) is 0 Å². The SMILES string of the molecule is Cc1onc(NS(=O)(=O)c2ccc3c(c2)N(C)CC3)c1C. The largest absolute Gasteiger partial charge is 0.374 e. The van der Waals surface area contributed by atoms with Crippen molar-refractivity contribution in [1.29, 1.82) is 0 Å². The van der Waals surface area contributed by atoms with Gasteiger partial charge in [-0.1, -0.05) is 11.2 Å². The molecule has 0 aliphatic carbocycles. The summed E-state index contributed by atoms with van der Waals surface area (Å²) in [5, 5.41) is 3.74. The molecule has 7 heteroatoms. The lowest BCUT2D eigenvalue weighted by atomic mass is 10.2. The fourth-order valence-corrected chi connectivity index (χ4v) is 3.46. The van der Waals surface area contributed by atoms with E-state index in [-0.39, 0.29) is 10.7 Å². The lowest BCUT2D eigenvalue weighted by Gasteiger charge is -2.13. The summed E-state index contributed by atoms with van der Waals surface area (Å²) in [7, 11) is -1.71. The molecule has 0 unspecified atom stereocenters. The van der Waals surface area contributed by atoms with Crippen molar-refractivity contribution < 1.29 is 12.9 Å². The van der Waals surface area contributed by atoms with E-state index in [1.54, 1.807) is 26.0 Å². The summed E-state index contributed by atoms with van der Waals surface area (Å²) in [4.78, 5) is 2.29. The number of nitrogens with zero attached hydrogens (tertiary/aromatic N) is 2. The van der Waals surface area contributed by atoms with E-state index in [1.807, 2.05) is 13.1 Å². The molecule has 0 fully saturated rings. The molecule has 0 bridgehead atoms. The van der Waals surface area contributed by atoms with Crippen LogP contribution in [0.5, 0.6) is 0 Å². The van der Waals surface area contributed by atoms with Gasteiger partial charge < -0.3 is 9.42 Å². The number of fused-ring (bicyclic) bond motifs is 1. The first-order chi connectivity index (χ1) is 9.88. The second-order valence-electron chi connectivity index (χ2n) is 5.28. The Morgan fingerprint density at radius 1 is 1.33 bits per heavy atom. The molecule has 1 aromatic heterocycles. The third kappa shape index (κ3) is 2.37. The number of hydrogen-bond donors (Lipinski definition) is 1. The molecule has 1 aliphatic rings. The van der Waals surface area contributed by atoms with Crippen LogP contribution >= 0.6 is 0 Å². The van der Waals surface area contributed by atoms with Crippen LogP contribution in [0.15, 0.2) is 27.6 Å². The standard InChI is InChI=1S/C14H17N3O3S/c1-9-10(2)20-15-14(9)16-21(18,19)12-5-4-11-6-7-17(3)13(11)8-12/h4-5,8H,6-7H2,1-3H3,(H,15,16). The Hall–Kier alpha value is -2.02. The van der Waals surface area contributed by atoms with Gasteiger partial charge in [-0.15, -0.1) is 0 Å². The van der Waals surface area contributed by atoms with Crippen LogP contribution in [-0.2, 0) is 16.4 Å². The second-order valence-corrected chi connectivity index (χ2v) is 6.96. The number of aryl methyl sites for hydroxylation is 1. The van der Waals surface area contributed by atoms with E-state index in [0.717, 1.165) is 18.7 Å². The smallest absolute Gasteiger partial charge is 0.263 e. The van der Waals surface area contributed by atoms with Crippen molar-refractivity contribution >= 4 is 21.5 Å². The first-order valence-corrected chi connectivity index (χ1v) is 8.16. The molecule has 112 valence electrons. The van der Waals surface area contributed by atoms with Crippen LogP contribution in [0.4, 0.5) is 11.5 Å². The summed E-state index contributed by atoms with van der Waals surface area (Å²) in [6, 6.07) is 5.20. The molecule has 0 saturated heterocycles. The lowest BCUT2D eigenvalue weighted by molar-refractivity contribution is 0.399. The number of hydrogen-bond acceptors (Lipinski definition) is 5. The number of anilines is 2. The first-order valence-electron chi connectivity index (χ1n) is 6.68. The summed E-state index contributed by atoms with van der Waals surface area (Å²) >= 11 is 0. The Balaban J connectivity index is 1.96. The zero-order chi connectivity index (χ0) is 15.2. The van der Waals surface area contributed by atoms with Crippen LogP contribution in [0.3, 0.4) is 0 Å². The fraction of sp³-hybridized carbons (Fsp3) is 0.357. The molecule has 0 spiro atoms. The van der Waals surface area contributed by atoms with Gasteiger partial charge in [0, 0.05) is 24.8 Å². The van der Waals surface area contributed by atoms with E-state index in [9.17, 15) is 8.42 Å². The molecule has 0 atom stereocenters. The summed E-state index contributed by atoms with van der Waals surface area (Å²) < 4.78 is 32.4. The number of sulfonamides is 1. The number of aromatic nitrogens is 1. The van der Waals surface area contributed by atoms with E-state index in [2.05, 4.69) is 14.8 Å². The molecule has 6 nitrogen and oxygen atoms in total. The quantitative estimate of drug-likeness (QED) is 0.939. The number of nitrogens with one attached hydrogen (secondary N) is 1. The zero-order valence-electron chi connectivity index (χ0n) is 12.2. The fourth-order valence-electron chi connectivity index (χ4n) is 2.39.